The maximum absolute atomic E-state index is 5.84. The summed E-state index contributed by atoms with van der Waals surface area (Å²) in [5.41, 5.74) is 2.64. The summed E-state index contributed by atoms with van der Waals surface area (Å²) in [5.74, 6) is 0.686. The van der Waals surface area contributed by atoms with E-state index in [1.165, 1.54) is 24.0 Å². The molecule has 1 N–H and O–H groups in total. The van der Waals surface area contributed by atoms with Crippen LogP contribution in [0.25, 0.3) is 0 Å². The van der Waals surface area contributed by atoms with Crippen molar-refractivity contribution in [1.82, 2.24) is 5.32 Å². The second-order valence-corrected chi connectivity index (χ2v) is 6.04. The summed E-state index contributed by atoms with van der Waals surface area (Å²) in [6.07, 6.45) is 4.98. The Morgan fingerprint density at radius 1 is 1.00 bits per heavy atom. The number of hydrogen-bond acceptors (Lipinski definition) is 3. The van der Waals surface area contributed by atoms with Gasteiger partial charge in [0.15, 0.2) is 0 Å². The van der Waals surface area contributed by atoms with Crippen molar-refractivity contribution in [2.24, 2.45) is 5.92 Å². The van der Waals surface area contributed by atoms with Crippen LogP contribution < -0.4 is 5.32 Å². The van der Waals surface area contributed by atoms with Crippen molar-refractivity contribution < 1.29 is 9.47 Å². The number of hydrogen-bond donors (Lipinski definition) is 1. The summed E-state index contributed by atoms with van der Waals surface area (Å²) >= 11 is 0. The van der Waals surface area contributed by atoms with Crippen LogP contribution in [0.1, 0.15) is 36.8 Å². The molecule has 2 aliphatic rings. The Morgan fingerprint density at radius 3 is 2.40 bits per heavy atom. The van der Waals surface area contributed by atoms with Crippen molar-refractivity contribution in [1.29, 1.82) is 0 Å². The van der Waals surface area contributed by atoms with E-state index in [2.05, 4.69) is 29.6 Å². The summed E-state index contributed by atoms with van der Waals surface area (Å²) in [5, 5.41) is 3.54. The lowest BCUT2D eigenvalue weighted by Crippen LogP contribution is -2.20. The molecule has 0 radical (unpaired) electrons. The van der Waals surface area contributed by atoms with Crippen LogP contribution >= 0.6 is 0 Å². The summed E-state index contributed by atoms with van der Waals surface area (Å²) in [7, 11) is 0. The topological polar surface area (TPSA) is 30.5 Å². The first-order chi connectivity index (χ1) is 9.90. The minimum atomic E-state index is 0.686. The van der Waals surface area contributed by atoms with Crippen molar-refractivity contribution in [3.05, 3.63) is 35.4 Å². The maximum atomic E-state index is 5.84. The molecule has 0 spiro atoms. The molecule has 3 nitrogen and oxygen atoms in total. The predicted octanol–water partition coefficient (Wildman–Crippen LogP) is 2.88. The molecule has 1 heterocycles. The van der Waals surface area contributed by atoms with E-state index in [0.29, 0.717) is 5.92 Å². The van der Waals surface area contributed by atoms with Gasteiger partial charge < -0.3 is 14.8 Å². The third-order valence-corrected chi connectivity index (χ3v) is 4.16. The summed E-state index contributed by atoms with van der Waals surface area (Å²) in [6, 6.07) is 9.57. The quantitative estimate of drug-likeness (QED) is 0.830. The number of benzene rings is 1. The first-order valence-electron chi connectivity index (χ1n) is 7.87. The van der Waals surface area contributed by atoms with Gasteiger partial charge in [-0.25, -0.2) is 0 Å². The molecule has 0 aromatic heterocycles. The van der Waals surface area contributed by atoms with Crippen LogP contribution in [0.5, 0.6) is 0 Å². The van der Waals surface area contributed by atoms with Crippen LogP contribution in [-0.4, -0.2) is 25.9 Å². The number of nitrogens with one attached hydrogen (secondary N) is 1. The van der Waals surface area contributed by atoms with E-state index in [9.17, 15) is 0 Å². The zero-order valence-electron chi connectivity index (χ0n) is 12.1. The Labute approximate surface area is 121 Å². The van der Waals surface area contributed by atoms with Crippen molar-refractivity contribution >= 4 is 0 Å². The summed E-state index contributed by atoms with van der Waals surface area (Å²) in [6.45, 7) is 4.39. The molecule has 1 saturated heterocycles. The molecule has 0 unspecified atom stereocenters. The van der Waals surface area contributed by atoms with Gasteiger partial charge in [-0.3, -0.25) is 0 Å². The highest BCUT2D eigenvalue weighted by Crippen LogP contribution is 2.19. The molecule has 0 amide bonds. The van der Waals surface area contributed by atoms with Gasteiger partial charge >= 0.3 is 0 Å². The van der Waals surface area contributed by atoms with E-state index in [0.717, 1.165) is 51.9 Å². The van der Waals surface area contributed by atoms with Gasteiger partial charge in [-0.05, 0) is 42.7 Å². The lowest BCUT2D eigenvalue weighted by molar-refractivity contribution is 0.0157. The van der Waals surface area contributed by atoms with Gasteiger partial charge in [-0.15, -0.1) is 0 Å². The van der Waals surface area contributed by atoms with Crippen LogP contribution in [0, 0.1) is 5.92 Å². The highest BCUT2D eigenvalue weighted by Gasteiger charge is 2.19. The van der Waals surface area contributed by atoms with Crippen LogP contribution in [0.2, 0.25) is 0 Å². The molecule has 1 saturated carbocycles. The smallest absolute Gasteiger partial charge is 0.0717 e. The van der Waals surface area contributed by atoms with E-state index >= 15 is 0 Å². The molecule has 1 aliphatic heterocycles. The Hall–Kier alpha value is -0.900. The van der Waals surface area contributed by atoms with Gasteiger partial charge in [0.25, 0.3) is 0 Å². The van der Waals surface area contributed by atoms with E-state index in [-0.39, 0.29) is 0 Å². The first-order valence-corrected chi connectivity index (χ1v) is 7.87. The SMILES string of the molecule is c1cc(COCC2CCOCC2)ccc1CNC1CC1. The first kappa shape index (κ1) is 14.1. The zero-order chi connectivity index (χ0) is 13.6. The molecule has 110 valence electrons. The van der Waals surface area contributed by atoms with Gasteiger partial charge in [0.1, 0.15) is 0 Å². The van der Waals surface area contributed by atoms with Crippen molar-refractivity contribution in [2.75, 3.05) is 19.8 Å². The predicted molar refractivity (Wildman–Crippen MR) is 79.5 cm³/mol. The normalized spacial score (nSPS) is 20.2. The second kappa shape index (κ2) is 7.21. The molecule has 20 heavy (non-hydrogen) atoms. The minimum absolute atomic E-state index is 0.686. The van der Waals surface area contributed by atoms with Crippen molar-refractivity contribution in [2.45, 2.75) is 44.9 Å². The number of ether oxygens (including phenoxy) is 2. The minimum Gasteiger partial charge on any atom is -0.381 e. The molecular weight excluding hydrogens is 250 g/mol. The third kappa shape index (κ3) is 4.58. The van der Waals surface area contributed by atoms with E-state index in [1.54, 1.807) is 0 Å². The molecule has 0 atom stereocenters. The van der Waals surface area contributed by atoms with Gasteiger partial charge in [0, 0.05) is 25.8 Å². The maximum Gasteiger partial charge on any atom is 0.0717 e. The van der Waals surface area contributed by atoms with Crippen molar-refractivity contribution in [3.8, 4) is 0 Å². The standard InChI is InChI=1S/C17H25NO2/c1-3-15(4-2-14(1)11-18-17-5-6-17)12-20-13-16-7-9-19-10-8-16/h1-4,16-18H,5-13H2. The summed E-state index contributed by atoms with van der Waals surface area (Å²) in [4.78, 5) is 0. The second-order valence-electron chi connectivity index (χ2n) is 6.04. The monoisotopic (exact) mass is 275 g/mol. The van der Waals surface area contributed by atoms with Crippen LogP contribution in [-0.2, 0) is 22.6 Å². The van der Waals surface area contributed by atoms with Gasteiger partial charge in [0.05, 0.1) is 13.2 Å². The fraction of sp³-hybridized carbons (Fsp3) is 0.647. The fourth-order valence-corrected chi connectivity index (χ4v) is 2.56. The molecule has 1 aliphatic carbocycles. The highest BCUT2D eigenvalue weighted by atomic mass is 16.5. The number of rotatable bonds is 7. The van der Waals surface area contributed by atoms with E-state index < -0.39 is 0 Å². The Balaban J connectivity index is 1.36. The molecule has 1 aromatic rings. The largest absolute Gasteiger partial charge is 0.381 e. The Kier molecular flexibility index (Phi) is 5.06. The molecular formula is C17H25NO2. The van der Waals surface area contributed by atoms with Gasteiger partial charge in [-0.1, -0.05) is 24.3 Å². The van der Waals surface area contributed by atoms with Crippen LogP contribution in [0.15, 0.2) is 24.3 Å². The molecule has 0 bridgehead atoms. The average molecular weight is 275 g/mol. The third-order valence-electron chi connectivity index (χ3n) is 4.16. The Bertz CT molecular complexity index is 394. The van der Waals surface area contributed by atoms with E-state index in [4.69, 9.17) is 9.47 Å². The van der Waals surface area contributed by atoms with Gasteiger partial charge in [0.2, 0.25) is 0 Å². The van der Waals surface area contributed by atoms with Crippen molar-refractivity contribution in [3.63, 3.8) is 0 Å². The lowest BCUT2D eigenvalue weighted by Gasteiger charge is -2.21. The lowest BCUT2D eigenvalue weighted by atomic mass is 10.0. The Morgan fingerprint density at radius 2 is 1.70 bits per heavy atom. The molecule has 1 aromatic carbocycles. The summed E-state index contributed by atoms with van der Waals surface area (Å²) < 4.78 is 11.2. The highest BCUT2D eigenvalue weighted by molar-refractivity contribution is 5.22. The molecule has 3 heteroatoms. The average Bonchev–Trinajstić information content (AvgIpc) is 3.32. The van der Waals surface area contributed by atoms with Gasteiger partial charge in [-0.2, -0.15) is 0 Å². The molecule has 2 fully saturated rings. The fourth-order valence-electron chi connectivity index (χ4n) is 2.56. The van der Waals surface area contributed by atoms with Crippen LogP contribution in [0.4, 0.5) is 0 Å². The molecule has 3 rings (SSSR count). The van der Waals surface area contributed by atoms with Crippen LogP contribution in [0.3, 0.4) is 0 Å². The zero-order valence-corrected chi connectivity index (χ0v) is 12.1. The van der Waals surface area contributed by atoms with E-state index in [1.807, 2.05) is 0 Å².